The van der Waals surface area contributed by atoms with Gasteiger partial charge in [0.05, 0.1) is 4.47 Å². The number of aromatic nitrogens is 1. The highest BCUT2D eigenvalue weighted by molar-refractivity contribution is 9.11. The van der Waals surface area contributed by atoms with Gasteiger partial charge in [-0.1, -0.05) is 6.07 Å². The van der Waals surface area contributed by atoms with Crippen LogP contribution in [0.5, 0.6) is 11.6 Å². The summed E-state index contributed by atoms with van der Waals surface area (Å²) in [5.74, 6) is 0.468. The Morgan fingerprint density at radius 3 is 2.69 bits per heavy atom. The van der Waals surface area contributed by atoms with Crippen LogP contribution in [-0.2, 0) is 0 Å². The molecule has 0 amide bonds. The van der Waals surface area contributed by atoms with Crippen LogP contribution in [0.25, 0.3) is 0 Å². The molecule has 2 nitrogen and oxygen atoms in total. The summed E-state index contributed by atoms with van der Waals surface area (Å²) >= 11 is 6.60. The molecule has 82 valence electrons. The molecule has 0 aliphatic heterocycles. The molecule has 0 radical (unpaired) electrons. The van der Waals surface area contributed by atoms with Crippen molar-refractivity contribution in [1.82, 2.24) is 4.98 Å². The van der Waals surface area contributed by atoms with Crippen molar-refractivity contribution in [1.29, 1.82) is 0 Å². The molecule has 0 fully saturated rings. The third-order valence-electron chi connectivity index (χ3n) is 1.78. The first-order valence-corrected chi connectivity index (χ1v) is 5.98. The maximum Gasteiger partial charge on any atom is 0.233 e. The van der Waals surface area contributed by atoms with E-state index in [2.05, 4.69) is 36.8 Å². The third-order valence-corrected chi connectivity index (χ3v) is 2.79. The Bertz CT molecular complexity index is 519. The molecule has 0 spiro atoms. The van der Waals surface area contributed by atoms with E-state index in [1.54, 1.807) is 18.3 Å². The quantitative estimate of drug-likeness (QED) is 0.796. The molecule has 0 saturated heterocycles. The van der Waals surface area contributed by atoms with Gasteiger partial charge in [-0.3, -0.25) is 0 Å². The van der Waals surface area contributed by atoms with Gasteiger partial charge in [-0.15, -0.1) is 0 Å². The number of hydrogen-bond donors (Lipinski definition) is 0. The molecule has 1 aromatic carbocycles. The topological polar surface area (TPSA) is 22.1 Å². The van der Waals surface area contributed by atoms with Crippen molar-refractivity contribution in [2.45, 2.75) is 0 Å². The van der Waals surface area contributed by atoms with Crippen LogP contribution in [0.4, 0.5) is 4.39 Å². The van der Waals surface area contributed by atoms with Crippen molar-refractivity contribution in [2.24, 2.45) is 0 Å². The van der Waals surface area contributed by atoms with Gasteiger partial charge >= 0.3 is 0 Å². The van der Waals surface area contributed by atoms with E-state index in [4.69, 9.17) is 4.74 Å². The average molecular weight is 347 g/mol. The SMILES string of the molecule is Fc1cccc(Oc2ncc(Br)cc2Br)c1. The van der Waals surface area contributed by atoms with E-state index in [-0.39, 0.29) is 5.82 Å². The number of halogens is 3. The van der Waals surface area contributed by atoms with E-state index in [0.29, 0.717) is 16.1 Å². The fourth-order valence-corrected chi connectivity index (χ4v) is 2.19. The van der Waals surface area contributed by atoms with Gasteiger partial charge in [-0.25, -0.2) is 9.37 Å². The van der Waals surface area contributed by atoms with Gasteiger partial charge in [0.25, 0.3) is 0 Å². The summed E-state index contributed by atoms with van der Waals surface area (Å²) in [6, 6.07) is 7.71. The molecule has 0 aliphatic carbocycles. The predicted molar refractivity (Wildman–Crippen MR) is 66.1 cm³/mol. The number of benzene rings is 1. The monoisotopic (exact) mass is 345 g/mol. The van der Waals surface area contributed by atoms with Crippen molar-refractivity contribution < 1.29 is 9.13 Å². The van der Waals surface area contributed by atoms with Crippen LogP contribution in [0.15, 0.2) is 45.5 Å². The zero-order valence-corrected chi connectivity index (χ0v) is 11.1. The Morgan fingerprint density at radius 1 is 1.19 bits per heavy atom. The minimum absolute atomic E-state index is 0.342. The molecule has 2 rings (SSSR count). The second-order valence-corrected chi connectivity index (χ2v) is 4.77. The fourth-order valence-electron chi connectivity index (χ4n) is 1.12. The van der Waals surface area contributed by atoms with Crippen LogP contribution in [-0.4, -0.2) is 4.98 Å². The number of pyridine rings is 1. The van der Waals surface area contributed by atoms with E-state index < -0.39 is 0 Å². The molecule has 0 saturated carbocycles. The van der Waals surface area contributed by atoms with Crippen molar-refractivity contribution >= 4 is 31.9 Å². The first kappa shape index (κ1) is 11.5. The van der Waals surface area contributed by atoms with E-state index in [0.717, 1.165) is 4.47 Å². The van der Waals surface area contributed by atoms with Gasteiger partial charge in [-0.2, -0.15) is 0 Å². The van der Waals surface area contributed by atoms with Gasteiger partial charge in [0.2, 0.25) is 5.88 Å². The fraction of sp³-hybridized carbons (Fsp3) is 0. The smallest absolute Gasteiger partial charge is 0.233 e. The lowest BCUT2D eigenvalue weighted by Gasteiger charge is -2.06. The highest BCUT2D eigenvalue weighted by atomic mass is 79.9. The first-order valence-electron chi connectivity index (χ1n) is 4.39. The van der Waals surface area contributed by atoms with Crippen molar-refractivity contribution in [2.75, 3.05) is 0 Å². The number of rotatable bonds is 2. The highest BCUT2D eigenvalue weighted by Gasteiger charge is 2.05. The third kappa shape index (κ3) is 2.80. The van der Waals surface area contributed by atoms with Crippen molar-refractivity contribution in [3.05, 3.63) is 51.3 Å². The lowest BCUT2D eigenvalue weighted by atomic mass is 10.3. The first-order chi connectivity index (χ1) is 7.65. The molecule has 0 atom stereocenters. The Morgan fingerprint density at radius 2 is 2.00 bits per heavy atom. The number of ether oxygens (including phenoxy) is 1. The van der Waals surface area contributed by atoms with Gasteiger partial charge < -0.3 is 4.74 Å². The van der Waals surface area contributed by atoms with Crippen LogP contribution in [0.2, 0.25) is 0 Å². The lowest BCUT2D eigenvalue weighted by molar-refractivity contribution is 0.455. The van der Waals surface area contributed by atoms with Crippen molar-refractivity contribution in [3.8, 4) is 11.6 Å². The summed E-state index contributed by atoms with van der Waals surface area (Å²) in [5.41, 5.74) is 0. The molecular weight excluding hydrogens is 341 g/mol. The van der Waals surface area contributed by atoms with Crippen LogP contribution in [0, 0.1) is 5.82 Å². The van der Waals surface area contributed by atoms with Gasteiger partial charge in [0.1, 0.15) is 11.6 Å². The maximum atomic E-state index is 12.9. The zero-order chi connectivity index (χ0) is 11.5. The summed E-state index contributed by atoms with van der Waals surface area (Å²) in [7, 11) is 0. The second kappa shape index (κ2) is 4.93. The summed E-state index contributed by atoms with van der Waals surface area (Å²) in [6.45, 7) is 0. The summed E-state index contributed by atoms with van der Waals surface area (Å²) in [5, 5.41) is 0. The Labute approximate surface area is 109 Å². The van der Waals surface area contributed by atoms with Crippen LogP contribution >= 0.6 is 31.9 Å². The van der Waals surface area contributed by atoms with Crippen LogP contribution < -0.4 is 4.74 Å². The molecule has 1 heterocycles. The van der Waals surface area contributed by atoms with Gasteiger partial charge in [-0.05, 0) is 50.1 Å². The molecule has 2 aromatic rings. The van der Waals surface area contributed by atoms with Gasteiger partial charge in [0.15, 0.2) is 0 Å². The normalized spacial score (nSPS) is 10.2. The second-order valence-electron chi connectivity index (χ2n) is 3.00. The van der Waals surface area contributed by atoms with Gasteiger partial charge in [0, 0.05) is 16.7 Å². The zero-order valence-electron chi connectivity index (χ0n) is 7.95. The largest absolute Gasteiger partial charge is 0.438 e. The molecule has 5 heteroatoms. The van der Waals surface area contributed by atoms with Crippen molar-refractivity contribution in [3.63, 3.8) is 0 Å². The Balaban J connectivity index is 2.27. The molecule has 0 aliphatic rings. The molecule has 0 bridgehead atoms. The summed E-state index contributed by atoms with van der Waals surface area (Å²) in [6.07, 6.45) is 1.61. The standard InChI is InChI=1S/C11H6Br2FNO/c12-7-4-10(13)11(15-6-7)16-9-3-1-2-8(14)5-9/h1-6H. The lowest BCUT2D eigenvalue weighted by Crippen LogP contribution is -1.89. The summed E-state index contributed by atoms with van der Waals surface area (Å²) < 4.78 is 19.9. The van der Waals surface area contributed by atoms with E-state index in [9.17, 15) is 4.39 Å². The Kier molecular flexibility index (Phi) is 3.56. The van der Waals surface area contributed by atoms with E-state index >= 15 is 0 Å². The predicted octanol–water partition coefficient (Wildman–Crippen LogP) is 4.54. The minimum atomic E-state index is -0.342. The highest BCUT2D eigenvalue weighted by Crippen LogP contribution is 2.29. The van der Waals surface area contributed by atoms with Crippen LogP contribution in [0.1, 0.15) is 0 Å². The number of nitrogens with zero attached hydrogens (tertiary/aromatic N) is 1. The van der Waals surface area contributed by atoms with Crippen LogP contribution in [0.3, 0.4) is 0 Å². The summed E-state index contributed by atoms with van der Waals surface area (Å²) in [4.78, 5) is 4.06. The average Bonchev–Trinajstić information content (AvgIpc) is 2.22. The minimum Gasteiger partial charge on any atom is -0.438 e. The maximum absolute atomic E-state index is 12.9. The molecule has 0 unspecified atom stereocenters. The van der Waals surface area contributed by atoms with E-state index in [1.165, 1.54) is 12.1 Å². The number of hydrogen-bond acceptors (Lipinski definition) is 2. The Hall–Kier alpha value is -0.940. The molecular formula is C11H6Br2FNO. The molecule has 0 N–H and O–H groups in total. The molecule has 16 heavy (non-hydrogen) atoms. The van der Waals surface area contributed by atoms with E-state index in [1.807, 2.05) is 6.07 Å². The molecule has 1 aromatic heterocycles.